The van der Waals surface area contributed by atoms with Crippen molar-refractivity contribution < 1.29 is 9.21 Å². The number of rotatable bonds is 2. The Morgan fingerprint density at radius 3 is 3.00 bits per heavy atom. The van der Waals surface area contributed by atoms with Crippen LogP contribution in [0.25, 0.3) is 0 Å². The average Bonchev–Trinajstić information content (AvgIpc) is 2.36. The second-order valence-corrected chi connectivity index (χ2v) is 2.06. The van der Waals surface area contributed by atoms with E-state index in [0.717, 1.165) is 6.39 Å². The molecule has 1 heterocycles. The lowest BCUT2D eigenvalue weighted by molar-refractivity contribution is -0.118. The van der Waals surface area contributed by atoms with Gasteiger partial charge in [-0.3, -0.25) is 10.5 Å². The fourth-order valence-electron chi connectivity index (χ4n) is 0.413. The van der Waals surface area contributed by atoms with Gasteiger partial charge in [0.1, 0.15) is 0 Å². The largest absolute Gasteiger partial charge is 0.426 e. The van der Waals surface area contributed by atoms with E-state index >= 15 is 0 Å². The Morgan fingerprint density at radius 2 is 2.60 bits per heavy atom. The molecule has 1 N–H and O–H groups in total. The number of thiol groups is 1. The highest BCUT2D eigenvalue weighted by Crippen LogP contribution is 2.15. The SMILES string of the molecule is [NH]C(=O)C(S)c1nnco1. The van der Waals surface area contributed by atoms with E-state index < -0.39 is 11.2 Å². The smallest absolute Gasteiger partial charge is 0.260 e. The first-order valence-electron chi connectivity index (χ1n) is 2.41. The van der Waals surface area contributed by atoms with Gasteiger partial charge in [0.2, 0.25) is 12.3 Å². The summed E-state index contributed by atoms with van der Waals surface area (Å²) in [4.78, 5) is 10.3. The van der Waals surface area contributed by atoms with Crippen molar-refractivity contribution in [3.8, 4) is 0 Å². The minimum Gasteiger partial charge on any atom is -0.426 e. The van der Waals surface area contributed by atoms with Gasteiger partial charge in [0.15, 0.2) is 5.25 Å². The van der Waals surface area contributed by atoms with E-state index in [1.165, 1.54) is 0 Å². The van der Waals surface area contributed by atoms with Crippen LogP contribution in [0.4, 0.5) is 0 Å². The van der Waals surface area contributed by atoms with Crippen LogP contribution in [0.2, 0.25) is 0 Å². The third-order valence-electron chi connectivity index (χ3n) is 0.859. The average molecular weight is 158 g/mol. The quantitative estimate of drug-likeness (QED) is 0.607. The zero-order valence-corrected chi connectivity index (χ0v) is 5.71. The van der Waals surface area contributed by atoms with Crippen LogP contribution in [-0.4, -0.2) is 16.1 Å². The molecule has 5 nitrogen and oxygen atoms in total. The zero-order valence-electron chi connectivity index (χ0n) is 4.81. The molecule has 10 heavy (non-hydrogen) atoms. The molecule has 1 amide bonds. The van der Waals surface area contributed by atoms with Crippen molar-refractivity contribution in [2.75, 3.05) is 0 Å². The molecule has 0 saturated heterocycles. The summed E-state index contributed by atoms with van der Waals surface area (Å²) >= 11 is 3.75. The van der Waals surface area contributed by atoms with Gasteiger partial charge in [-0.25, -0.2) is 0 Å². The highest BCUT2D eigenvalue weighted by molar-refractivity contribution is 7.81. The van der Waals surface area contributed by atoms with Gasteiger partial charge in [-0.1, -0.05) is 0 Å². The summed E-state index contributed by atoms with van der Waals surface area (Å²) in [6.45, 7) is 0. The molecule has 0 bridgehead atoms. The molecular weight excluding hydrogens is 154 g/mol. The predicted octanol–water partition coefficient (Wildman–Crippen LogP) is -0.150. The highest BCUT2D eigenvalue weighted by Gasteiger charge is 2.17. The summed E-state index contributed by atoms with van der Waals surface area (Å²) in [6, 6.07) is 0. The third kappa shape index (κ3) is 1.27. The van der Waals surface area contributed by atoms with Gasteiger partial charge >= 0.3 is 0 Å². The van der Waals surface area contributed by atoms with Crippen LogP contribution in [-0.2, 0) is 4.79 Å². The maximum absolute atomic E-state index is 10.3. The zero-order chi connectivity index (χ0) is 7.56. The Bertz CT molecular complexity index is 222. The van der Waals surface area contributed by atoms with Crippen LogP contribution in [0.5, 0.6) is 0 Å². The Kier molecular flexibility index (Phi) is 1.91. The molecule has 1 aromatic rings. The lowest BCUT2D eigenvalue weighted by Gasteiger charge is -1.95. The van der Waals surface area contributed by atoms with Crippen molar-refractivity contribution in [2.45, 2.75) is 5.25 Å². The van der Waals surface area contributed by atoms with E-state index in [9.17, 15) is 4.79 Å². The molecule has 53 valence electrons. The summed E-state index contributed by atoms with van der Waals surface area (Å²) in [5.74, 6) is -0.795. The van der Waals surface area contributed by atoms with Gasteiger partial charge in [0, 0.05) is 0 Å². The van der Waals surface area contributed by atoms with Crippen molar-refractivity contribution in [1.29, 1.82) is 0 Å². The first kappa shape index (κ1) is 7.07. The highest BCUT2D eigenvalue weighted by atomic mass is 32.1. The normalized spacial score (nSPS) is 12.9. The van der Waals surface area contributed by atoms with E-state index in [1.807, 2.05) is 0 Å². The molecule has 0 aliphatic rings. The van der Waals surface area contributed by atoms with Gasteiger partial charge < -0.3 is 4.42 Å². The maximum atomic E-state index is 10.3. The molecule has 0 saturated carbocycles. The molecular formula is C4H4N3O2S. The Labute approximate surface area is 62.0 Å². The monoisotopic (exact) mass is 158 g/mol. The minimum atomic E-state index is -0.914. The molecule has 0 aromatic carbocycles. The van der Waals surface area contributed by atoms with Gasteiger partial charge in [-0.05, 0) is 0 Å². The standard InChI is InChI=1S/C4H4N3O2S/c5-3(8)2(10)4-7-6-1-9-4/h1-2,5,10H. The molecule has 0 spiro atoms. The Balaban J connectivity index is 2.77. The Morgan fingerprint density at radius 1 is 1.90 bits per heavy atom. The second kappa shape index (κ2) is 2.70. The summed E-state index contributed by atoms with van der Waals surface area (Å²) in [5, 5.41) is 5.81. The molecule has 0 fully saturated rings. The van der Waals surface area contributed by atoms with E-state index in [4.69, 9.17) is 5.73 Å². The summed E-state index contributed by atoms with van der Waals surface area (Å²) < 4.78 is 4.62. The van der Waals surface area contributed by atoms with Crippen LogP contribution >= 0.6 is 12.6 Å². The summed E-state index contributed by atoms with van der Waals surface area (Å²) in [5.41, 5.74) is 6.62. The van der Waals surface area contributed by atoms with Crippen LogP contribution in [0.3, 0.4) is 0 Å². The van der Waals surface area contributed by atoms with Gasteiger partial charge in [-0.15, -0.1) is 10.2 Å². The van der Waals surface area contributed by atoms with Crippen molar-refractivity contribution in [2.24, 2.45) is 0 Å². The van der Waals surface area contributed by atoms with E-state index in [1.54, 1.807) is 0 Å². The molecule has 0 aliphatic heterocycles. The van der Waals surface area contributed by atoms with Gasteiger partial charge in [-0.2, -0.15) is 12.6 Å². The van der Waals surface area contributed by atoms with Gasteiger partial charge in [0.05, 0.1) is 0 Å². The molecule has 1 radical (unpaired) electrons. The molecule has 1 rings (SSSR count). The van der Waals surface area contributed by atoms with Crippen LogP contribution in [0, 0.1) is 0 Å². The first-order valence-corrected chi connectivity index (χ1v) is 2.93. The minimum absolute atomic E-state index is 0.0586. The lowest BCUT2D eigenvalue weighted by atomic mass is 10.4. The molecule has 1 unspecified atom stereocenters. The number of hydrogen-bond acceptors (Lipinski definition) is 5. The second-order valence-electron chi connectivity index (χ2n) is 1.54. The fourth-order valence-corrected chi connectivity index (χ4v) is 0.525. The number of carbonyl (C=O) groups excluding carboxylic acids is 1. The van der Waals surface area contributed by atoms with Crippen LogP contribution < -0.4 is 5.73 Å². The summed E-state index contributed by atoms with van der Waals surface area (Å²) in [7, 11) is 0. The molecule has 1 aromatic heterocycles. The number of hydrogen-bond donors (Lipinski definition) is 1. The van der Waals surface area contributed by atoms with Crippen molar-refractivity contribution in [3.63, 3.8) is 0 Å². The first-order chi connectivity index (χ1) is 4.72. The van der Waals surface area contributed by atoms with Gasteiger partial charge in [0.25, 0.3) is 5.91 Å². The number of nitrogens with one attached hydrogen (secondary N) is 1. The topological polar surface area (TPSA) is 79.8 Å². The third-order valence-corrected chi connectivity index (χ3v) is 1.31. The lowest BCUT2D eigenvalue weighted by Crippen LogP contribution is -2.07. The molecule has 1 atom stereocenters. The number of carbonyl (C=O) groups is 1. The van der Waals surface area contributed by atoms with Crippen molar-refractivity contribution >= 4 is 18.5 Å². The van der Waals surface area contributed by atoms with E-state index in [0.29, 0.717) is 0 Å². The van der Waals surface area contributed by atoms with E-state index in [-0.39, 0.29) is 5.89 Å². The van der Waals surface area contributed by atoms with Crippen molar-refractivity contribution in [3.05, 3.63) is 12.3 Å². The van der Waals surface area contributed by atoms with Crippen LogP contribution in [0.1, 0.15) is 11.1 Å². The fraction of sp³-hybridized carbons (Fsp3) is 0.250. The molecule has 6 heteroatoms. The number of amides is 1. The molecule has 0 aliphatic carbocycles. The van der Waals surface area contributed by atoms with Crippen molar-refractivity contribution in [1.82, 2.24) is 15.9 Å². The summed E-state index contributed by atoms with van der Waals surface area (Å²) in [6.07, 6.45) is 1.08. The Hall–Kier alpha value is -1.04. The van der Waals surface area contributed by atoms with Crippen LogP contribution in [0.15, 0.2) is 10.8 Å². The predicted molar refractivity (Wildman–Crippen MR) is 34.1 cm³/mol. The number of nitrogens with zero attached hydrogens (tertiary/aromatic N) is 2. The number of aromatic nitrogens is 2. The maximum Gasteiger partial charge on any atom is 0.260 e. The van der Waals surface area contributed by atoms with E-state index in [2.05, 4.69) is 27.2 Å².